The number of nitrogens with one attached hydrogen (secondary N) is 1. The number of nitrogens with zero attached hydrogens (tertiary/aromatic N) is 1. The van der Waals surface area contributed by atoms with Gasteiger partial charge in [-0.05, 0) is 50.6 Å². The van der Waals surface area contributed by atoms with Gasteiger partial charge in [0.05, 0.1) is 18.5 Å². The third kappa shape index (κ3) is 5.99. The van der Waals surface area contributed by atoms with Crippen LogP contribution in [-0.4, -0.2) is 39.8 Å². The van der Waals surface area contributed by atoms with Crippen molar-refractivity contribution >= 4 is 21.6 Å². The average molecular weight is 391 g/mol. The summed E-state index contributed by atoms with van der Waals surface area (Å²) >= 11 is 0. The second kappa shape index (κ2) is 8.90. The molecule has 1 N–H and O–H groups in total. The molecule has 27 heavy (non-hydrogen) atoms. The number of benzene rings is 2. The first-order valence-corrected chi connectivity index (χ1v) is 10.6. The van der Waals surface area contributed by atoms with E-state index in [1.807, 2.05) is 44.2 Å². The standard InChI is InChI=1S/C20H26N2O4S/c1-15-8-10-19(11-9-15)26-13-12-21-20(23)17(3)22(27(4,24)25)18-7-5-6-16(2)14-18/h5-11,14,17H,12-13H2,1-4H3,(H,21,23)/t17-/m0/s1. The zero-order valence-corrected chi connectivity index (χ0v) is 16.9. The summed E-state index contributed by atoms with van der Waals surface area (Å²) in [6.07, 6.45) is 1.10. The number of carbonyl (C=O) groups is 1. The normalized spacial score (nSPS) is 12.3. The molecular formula is C20H26N2O4S. The first-order chi connectivity index (χ1) is 12.7. The predicted octanol–water partition coefficient (Wildman–Crippen LogP) is 2.65. The highest BCUT2D eigenvalue weighted by Crippen LogP contribution is 2.21. The first kappa shape index (κ1) is 20.8. The molecule has 0 aliphatic rings. The van der Waals surface area contributed by atoms with Crippen molar-refractivity contribution in [1.29, 1.82) is 0 Å². The van der Waals surface area contributed by atoms with Crippen LogP contribution in [0.4, 0.5) is 5.69 Å². The molecule has 2 rings (SSSR count). The maximum absolute atomic E-state index is 12.5. The third-order valence-electron chi connectivity index (χ3n) is 4.04. The van der Waals surface area contributed by atoms with Crippen molar-refractivity contribution in [1.82, 2.24) is 5.32 Å². The zero-order valence-electron chi connectivity index (χ0n) is 16.1. The molecule has 7 heteroatoms. The summed E-state index contributed by atoms with van der Waals surface area (Å²) in [6, 6.07) is 13.8. The van der Waals surface area contributed by atoms with E-state index in [4.69, 9.17) is 4.74 Å². The van der Waals surface area contributed by atoms with E-state index < -0.39 is 16.1 Å². The zero-order chi connectivity index (χ0) is 20.0. The van der Waals surface area contributed by atoms with Crippen LogP contribution in [0.1, 0.15) is 18.1 Å². The van der Waals surface area contributed by atoms with Gasteiger partial charge in [0.2, 0.25) is 15.9 Å². The van der Waals surface area contributed by atoms with Crippen LogP contribution in [0.25, 0.3) is 0 Å². The molecule has 0 aromatic heterocycles. The van der Waals surface area contributed by atoms with E-state index >= 15 is 0 Å². The number of anilines is 1. The number of sulfonamides is 1. The van der Waals surface area contributed by atoms with Gasteiger partial charge < -0.3 is 10.1 Å². The van der Waals surface area contributed by atoms with Gasteiger partial charge in [-0.15, -0.1) is 0 Å². The molecule has 0 aliphatic heterocycles. The largest absolute Gasteiger partial charge is 0.492 e. The van der Waals surface area contributed by atoms with Crippen molar-refractivity contribution < 1.29 is 17.9 Å². The second-order valence-corrected chi connectivity index (χ2v) is 8.39. The van der Waals surface area contributed by atoms with E-state index in [1.165, 1.54) is 0 Å². The van der Waals surface area contributed by atoms with Crippen LogP contribution in [0.5, 0.6) is 5.75 Å². The van der Waals surface area contributed by atoms with Gasteiger partial charge >= 0.3 is 0 Å². The number of hydrogen-bond acceptors (Lipinski definition) is 4. The van der Waals surface area contributed by atoms with Gasteiger partial charge in [0.25, 0.3) is 0 Å². The van der Waals surface area contributed by atoms with Crippen LogP contribution >= 0.6 is 0 Å². The molecule has 2 aromatic carbocycles. The minimum atomic E-state index is -3.62. The van der Waals surface area contributed by atoms with Gasteiger partial charge in [0, 0.05) is 0 Å². The number of hydrogen-bond donors (Lipinski definition) is 1. The Bertz CT molecular complexity index is 879. The third-order valence-corrected chi connectivity index (χ3v) is 5.28. The molecule has 0 saturated carbocycles. The smallest absolute Gasteiger partial charge is 0.243 e. The number of amides is 1. The Balaban J connectivity index is 1.97. The lowest BCUT2D eigenvalue weighted by molar-refractivity contribution is -0.121. The molecule has 0 fully saturated rings. The highest BCUT2D eigenvalue weighted by atomic mass is 32.2. The SMILES string of the molecule is Cc1ccc(OCCNC(=O)[C@H](C)N(c2cccc(C)c2)S(C)(=O)=O)cc1. The van der Waals surface area contributed by atoms with Gasteiger partial charge in [-0.25, -0.2) is 8.42 Å². The van der Waals surface area contributed by atoms with Gasteiger partial charge in [-0.3, -0.25) is 9.10 Å². The highest BCUT2D eigenvalue weighted by molar-refractivity contribution is 7.92. The number of carbonyl (C=O) groups excluding carboxylic acids is 1. The Morgan fingerprint density at radius 2 is 1.78 bits per heavy atom. The number of ether oxygens (including phenoxy) is 1. The topological polar surface area (TPSA) is 75.7 Å². The van der Waals surface area contributed by atoms with Gasteiger partial charge in [0.15, 0.2) is 0 Å². The Morgan fingerprint density at radius 3 is 2.37 bits per heavy atom. The van der Waals surface area contributed by atoms with Gasteiger partial charge in [-0.2, -0.15) is 0 Å². The molecule has 1 atom stereocenters. The molecule has 0 bridgehead atoms. The summed E-state index contributed by atoms with van der Waals surface area (Å²) in [6.45, 7) is 6.01. The summed E-state index contributed by atoms with van der Waals surface area (Å²) in [5, 5.41) is 2.73. The summed E-state index contributed by atoms with van der Waals surface area (Å²) in [7, 11) is -3.62. The van der Waals surface area contributed by atoms with Crippen molar-refractivity contribution in [3.8, 4) is 5.75 Å². The lowest BCUT2D eigenvalue weighted by Gasteiger charge is -2.28. The average Bonchev–Trinajstić information content (AvgIpc) is 2.59. The molecule has 6 nitrogen and oxygen atoms in total. The van der Waals surface area contributed by atoms with Gasteiger partial charge in [0.1, 0.15) is 18.4 Å². The van der Waals surface area contributed by atoms with Gasteiger partial charge in [-0.1, -0.05) is 29.8 Å². The van der Waals surface area contributed by atoms with Crippen LogP contribution in [0.15, 0.2) is 48.5 Å². The van der Waals surface area contributed by atoms with E-state index in [-0.39, 0.29) is 12.5 Å². The predicted molar refractivity (Wildman–Crippen MR) is 108 cm³/mol. The Labute approximate surface area is 161 Å². The monoisotopic (exact) mass is 390 g/mol. The molecule has 0 unspecified atom stereocenters. The first-order valence-electron chi connectivity index (χ1n) is 8.72. The molecule has 0 aliphatic carbocycles. The molecule has 1 amide bonds. The fraction of sp³-hybridized carbons (Fsp3) is 0.350. The van der Waals surface area contributed by atoms with Crippen molar-refractivity contribution in [3.63, 3.8) is 0 Å². The van der Waals surface area contributed by atoms with Crippen molar-refractivity contribution in [2.45, 2.75) is 26.8 Å². The van der Waals surface area contributed by atoms with E-state index in [2.05, 4.69) is 5.32 Å². The molecule has 0 heterocycles. The Hall–Kier alpha value is -2.54. The maximum Gasteiger partial charge on any atom is 0.243 e. The van der Waals surface area contributed by atoms with Crippen LogP contribution in [0.2, 0.25) is 0 Å². The number of aryl methyl sites for hydroxylation is 2. The lowest BCUT2D eigenvalue weighted by atomic mass is 10.2. The fourth-order valence-corrected chi connectivity index (χ4v) is 3.87. The lowest BCUT2D eigenvalue weighted by Crippen LogP contribution is -2.48. The van der Waals surface area contributed by atoms with E-state index in [9.17, 15) is 13.2 Å². The highest BCUT2D eigenvalue weighted by Gasteiger charge is 2.28. The second-order valence-electron chi connectivity index (χ2n) is 6.53. The number of rotatable bonds is 8. The van der Waals surface area contributed by atoms with Crippen molar-refractivity contribution in [2.75, 3.05) is 23.7 Å². The molecule has 0 spiro atoms. The summed E-state index contributed by atoms with van der Waals surface area (Å²) in [4.78, 5) is 12.5. The summed E-state index contributed by atoms with van der Waals surface area (Å²) in [5.41, 5.74) is 2.53. The molecular weight excluding hydrogens is 364 g/mol. The van der Waals surface area contributed by atoms with Crippen LogP contribution < -0.4 is 14.4 Å². The molecule has 0 radical (unpaired) electrons. The van der Waals surface area contributed by atoms with E-state index in [0.29, 0.717) is 12.3 Å². The van der Waals surface area contributed by atoms with Crippen molar-refractivity contribution in [3.05, 3.63) is 59.7 Å². The van der Waals surface area contributed by atoms with Crippen molar-refractivity contribution in [2.24, 2.45) is 0 Å². The molecule has 146 valence electrons. The Kier molecular flexibility index (Phi) is 6.85. The minimum Gasteiger partial charge on any atom is -0.492 e. The van der Waals surface area contributed by atoms with Crippen LogP contribution in [-0.2, 0) is 14.8 Å². The Morgan fingerprint density at radius 1 is 1.11 bits per heavy atom. The van der Waals surface area contributed by atoms with Crippen LogP contribution in [0.3, 0.4) is 0 Å². The molecule has 2 aromatic rings. The van der Waals surface area contributed by atoms with E-state index in [0.717, 1.165) is 27.4 Å². The quantitative estimate of drug-likeness (QED) is 0.703. The molecule has 0 saturated heterocycles. The summed E-state index contributed by atoms with van der Waals surface area (Å²) < 4.78 is 31.2. The van der Waals surface area contributed by atoms with E-state index in [1.54, 1.807) is 25.1 Å². The minimum absolute atomic E-state index is 0.280. The summed E-state index contributed by atoms with van der Waals surface area (Å²) in [5.74, 6) is 0.342. The maximum atomic E-state index is 12.5. The fourth-order valence-electron chi connectivity index (χ4n) is 2.70. The van der Waals surface area contributed by atoms with Crippen LogP contribution in [0, 0.1) is 13.8 Å².